The van der Waals surface area contributed by atoms with E-state index in [0.29, 0.717) is 12.3 Å². The van der Waals surface area contributed by atoms with Gasteiger partial charge in [-0.05, 0) is 32.0 Å². The topological polar surface area (TPSA) is 44.1 Å². The average Bonchev–Trinajstić information content (AvgIpc) is 2.72. The standard InChI is InChI=1S/C13H13BrN2O2/c1-3-18-13(17)12-9(2)8-16(15-12)11-6-4-5-10(14)7-11/h4-8H,3H2,1-2H3. The molecule has 5 heteroatoms. The predicted molar refractivity (Wildman–Crippen MR) is 72.0 cm³/mol. The maximum absolute atomic E-state index is 11.7. The Balaban J connectivity index is 2.37. The number of aryl methyl sites for hydroxylation is 1. The highest BCUT2D eigenvalue weighted by Gasteiger charge is 2.15. The van der Waals surface area contributed by atoms with Crippen LogP contribution in [-0.2, 0) is 4.74 Å². The van der Waals surface area contributed by atoms with Crippen molar-refractivity contribution in [1.29, 1.82) is 0 Å². The molecule has 0 saturated heterocycles. The number of rotatable bonds is 3. The normalized spacial score (nSPS) is 10.4. The smallest absolute Gasteiger partial charge is 0.359 e. The lowest BCUT2D eigenvalue weighted by Crippen LogP contribution is -2.07. The van der Waals surface area contributed by atoms with Crippen molar-refractivity contribution in [3.8, 4) is 5.69 Å². The van der Waals surface area contributed by atoms with Crippen LogP contribution in [0.2, 0.25) is 0 Å². The Labute approximate surface area is 114 Å². The summed E-state index contributed by atoms with van der Waals surface area (Å²) in [6, 6.07) is 7.71. The van der Waals surface area contributed by atoms with E-state index in [4.69, 9.17) is 4.74 Å². The zero-order chi connectivity index (χ0) is 13.1. The van der Waals surface area contributed by atoms with Gasteiger partial charge in [0, 0.05) is 16.2 Å². The number of ether oxygens (including phenoxy) is 1. The Hall–Kier alpha value is -1.62. The average molecular weight is 309 g/mol. The third-order valence-electron chi connectivity index (χ3n) is 2.44. The zero-order valence-electron chi connectivity index (χ0n) is 10.2. The summed E-state index contributed by atoms with van der Waals surface area (Å²) in [5.41, 5.74) is 2.05. The summed E-state index contributed by atoms with van der Waals surface area (Å²) in [6.07, 6.45) is 1.81. The van der Waals surface area contributed by atoms with Gasteiger partial charge in [0.1, 0.15) is 0 Å². The van der Waals surface area contributed by atoms with Crippen molar-refractivity contribution in [1.82, 2.24) is 9.78 Å². The number of aromatic nitrogens is 2. The van der Waals surface area contributed by atoms with Crippen LogP contribution < -0.4 is 0 Å². The van der Waals surface area contributed by atoms with E-state index < -0.39 is 0 Å². The first-order valence-electron chi connectivity index (χ1n) is 5.61. The number of nitrogens with zero attached hydrogens (tertiary/aromatic N) is 2. The SMILES string of the molecule is CCOC(=O)c1nn(-c2cccc(Br)c2)cc1C. The molecule has 0 unspecified atom stereocenters. The first-order valence-corrected chi connectivity index (χ1v) is 6.40. The highest BCUT2D eigenvalue weighted by atomic mass is 79.9. The van der Waals surface area contributed by atoms with Crippen molar-refractivity contribution < 1.29 is 9.53 Å². The second-order valence-corrected chi connectivity index (χ2v) is 4.72. The Morgan fingerprint density at radius 3 is 2.94 bits per heavy atom. The van der Waals surface area contributed by atoms with Crippen LogP contribution in [0.4, 0.5) is 0 Å². The third kappa shape index (κ3) is 2.61. The van der Waals surface area contributed by atoms with Gasteiger partial charge in [0.25, 0.3) is 0 Å². The first-order chi connectivity index (χ1) is 8.61. The molecule has 0 bridgehead atoms. The minimum atomic E-state index is -0.385. The van der Waals surface area contributed by atoms with Gasteiger partial charge < -0.3 is 4.74 Å². The van der Waals surface area contributed by atoms with Crippen molar-refractivity contribution in [2.75, 3.05) is 6.61 Å². The highest BCUT2D eigenvalue weighted by molar-refractivity contribution is 9.10. The molecule has 1 heterocycles. The molecule has 1 aromatic heterocycles. The molecule has 0 radical (unpaired) electrons. The van der Waals surface area contributed by atoms with E-state index in [1.165, 1.54) is 0 Å². The first kappa shape index (κ1) is 12.8. The van der Waals surface area contributed by atoms with Crippen molar-refractivity contribution >= 4 is 21.9 Å². The summed E-state index contributed by atoms with van der Waals surface area (Å²) in [6.45, 7) is 3.97. The molecule has 0 spiro atoms. The van der Waals surface area contributed by atoms with Crippen molar-refractivity contribution in [3.63, 3.8) is 0 Å². The van der Waals surface area contributed by atoms with Crippen LogP contribution in [0, 0.1) is 6.92 Å². The molecule has 94 valence electrons. The highest BCUT2D eigenvalue weighted by Crippen LogP contribution is 2.17. The van der Waals surface area contributed by atoms with Crippen LogP contribution in [0.5, 0.6) is 0 Å². The van der Waals surface area contributed by atoms with Gasteiger partial charge in [-0.25, -0.2) is 9.48 Å². The van der Waals surface area contributed by atoms with E-state index in [1.54, 1.807) is 11.6 Å². The van der Waals surface area contributed by atoms with Crippen LogP contribution in [0.15, 0.2) is 34.9 Å². The quantitative estimate of drug-likeness (QED) is 0.818. The van der Waals surface area contributed by atoms with Crippen LogP contribution in [0.25, 0.3) is 5.69 Å². The minimum Gasteiger partial charge on any atom is -0.461 e. The Morgan fingerprint density at radius 2 is 2.28 bits per heavy atom. The summed E-state index contributed by atoms with van der Waals surface area (Å²) >= 11 is 3.41. The zero-order valence-corrected chi connectivity index (χ0v) is 11.8. The second kappa shape index (κ2) is 5.35. The van der Waals surface area contributed by atoms with Gasteiger partial charge >= 0.3 is 5.97 Å². The fourth-order valence-electron chi connectivity index (χ4n) is 1.61. The van der Waals surface area contributed by atoms with Gasteiger partial charge in [-0.2, -0.15) is 5.10 Å². The number of benzene rings is 1. The number of halogens is 1. The van der Waals surface area contributed by atoms with E-state index in [0.717, 1.165) is 15.7 Å². The Kier molecular flexibility index (Phi) is 3.81. The van der Waals surface area contributed by atoms with E-state index in [1.807, 2.05) is 37.4 Å². The van der Waals surface area contributed by atoms with E-state index >= 15 is 0 Å². The van der Waals surface area contributed by atoms with Gasteiger partial charge in [-0.15, -0.1) is 0 Å². The summed E-state index contributed by atoms with van der Waals surface area (Å²) in [5, 5.41) is 4.26. The minimum absolute atomic E-state index is 0.349. The number of hydrogen-bond acceptors (Lipinski definition) is 3. The molecule has 0 amide bonds. The molecule has 2 rings (SSSR count). The van der Waals surface area contributed by atoms with Crippen molar-refractivity contribution in [2.24, 2.45) is 0 Å². The number of hydrogen-bond donors (Lipinski definition) is 0. The van der Waals surface area contributed by atoms with E-state index in [-0.39, 0.29) is 5.97 Å². The van der Waals surface area contributed by atoms with Crippen molar-refractivity contribution in [3.05, 3.63) is 46.2 Å². The molecule has 0 saturated carbocycles. The van der Waals surface area contributed by atoms with E-state index in [9.17, 15) is 4.79 Å². The van der Waals surface area contributed by atoms with E-state index in [2.05, 4.69) is 21.0 Å². The Morgan fingerprint density at radius 1 is 1.50 bits per heavy atom. The molecule has 0 N–H and O–H groups in total. The van der Waals surface area contributed by atoms with Gasteiger partial charge in [0.15, 0.2) is 5.69 Å². The van der Waals surface area contributed by atoms with Gasteiger partial charge in [-0.1, -0.05) is 22.0 Å². The fourth-order valence-corrected chi connectivity index (χ4v) is 2.00. The van der Waals surface area contributed by atoms with Crippen molar-refractivity contribution in [2.45, 2.75) is 13.8 Å². The molecular formula is C13H13BrN2O2. The lowest BCUT2D eigenvalue weighted by molar-refractivity contribution is 0.0518. The maximum Gasteiger partial charge on any atom is 0.359 e. The number of esters is 1. The van der Waals surface area contributed by atoms with Crippen LogP contribution in [0.1, 0.15) is 23.0 Å². The fraction of sp³-hybridized carbons (Fsp3) is 0.231. The predicted octanol–water partition coefficient (Wildman–Crippen LogP) is 3.12. The van der Waals surface area contributed by atoms with Crippen LogP contribution in [0.3, 0.4) is 0 Å². The van der Waals surface area contributed by atoms with Gasteiger partial charge in [0.2, 0.25) is 0 Å². The number of carbonyl (C=O) groups excluding carboxylic acids is 1. The second-order valence-electron chi connectivity index (χ2n) is 3.81. The molecule has 0 fully saturated rings. The molecule has 18 heavy (non-hydrogen) atoms. The van der Waals surface area contributed by atoms with Gasteiger partial charge in [0.05, 0.1) is 12.3 Å². The summed E-state index contributed by atoms with van der Waals surface area (Å²) < 4.78 is 7.59. The molecular weight excluding hydrogens is 296 g/mol. The number of carbonyl (C=O) groups is 1. The third-order valence-corrected chi connectivity index (χ3v) is 2.93. The summed E-state index contributed by atoms with van der Waals surface area (Å²) in [5.74, 6) is -0.385. The molecule has 4 nitrogen and oxygen atoms in total. The lowest BCUT2D eigenvalue weighted by atomic mass is 10.3. The molecule has 1 aromatic carbocycles. The Bertz CT molecular complexity index is 578. The molecule has 0 aliphatic heterocycles. The van der Waals surface area contributed by atoms with Crippen LogP contribution in [-0.4, -0.2) is 22.4 Å². The summed E-state index contributed by atoms with van der Waals surface area (Å²) in [4.78, 5) is 11.7. The lowest BCUT2D eigenvalue weighted by Gasteiger charge is -2.01. The largest absolute Gasteiger partial charge is 0.461 e. The van der Waals surface area contributed by atoms with Crippen LogP contribution >= 0.6 is 15.9 Å². The molecule has 0 atom stereocenters. The molecule has 2 aromatic rings. The molecule has 0 aliphatic rings. The molecule has 0 aliphatic carbocycles. The monoisotopic (exact) mass is 308 g/mol. The summed E-state index contributed by atoms with van der Waals surface area (Å²) in [7, 11) is 0. The maximum atomic E-state index is 11.7. The van der Waals surface area contributed by atoms with Gasteiger partial charge in [-0.3, -0.25) is 0 Å².